The molecule has 0 aliphatic carbocycles. The summed E-state index contributed by atoms with van der Waals surface area (Å²) in [5.74, 6) is 0.550. The summed E-state index contributed by atoms with van der Waals surface area (Å²) in [6, 6.07) is 18.9. The first kappa shape index (κ1) is 26.7. The van der Waals surface area contributed by atoms with Gasteiger partial charge in [-0.15, -0.1) is 0 Å². The van der Waals surface area contributed by atoms with E-state index in [-0.39, 0.29) is 4.90 Å². The maximum Gasteiger partial charge on any atom is 0.264 e. The summed E-state index contributed by atoms with van der Waals surface area (Å²) in [5.41, 5.74) is 5.96. The molecule has 1 N–H and O–H groups in total. The molecule has 8 nitrogen and oxygen atoms in total. The maximum absolute atomic E-state index is 13.6. The zero-order chi connectivity index (χ0) is 26.3. The summed E-state index contributed by atoms with van der Waals surface area (Å²) in [6.45, 7) is 5.15. The zero-order valence-electron chi connectivity index (χ0n) is 21.1. The van der Waals surface area contributed by atoms with Gasteiger partial charge in [-0.1, -0.05) is 42.8 Å². The van der Waals surface area contributed by atoms with E-state index in [4.69, 9.17) is 9.47 Å². The van der Waals surface area contributed by atoms with E-state index in [1.54, 1.807) is 63.6 Å². The van der Waals surface area contributed by atoms with Crippen LogP contribution in [0.4, 0.5) is 5.69 Å². The van der Waals surface area contributed by atoms with E-state index < -0.39 is 22.5 Å². The molecule has 0 atom stereocenters. The first-order valence-electron chi connectivity index (χ1n) is 11.4. The summed E-state index contributed by atoms with van der Waals surface area (Å²) in [4.78, 5) is 13.1. The van der Waals surface area contributed by atoms with Crippen molar-refractivity contribution in [2.75, 3.05) is 25.1 Å². The third kappa shape index (κ3) is 6.04. The fraction of sp³-hybridized carbons (Fsp3) is 0.259. The van der Waals surface area contributed by atoms with Gasteiger partial charge < -0.3 is 9.47 Å². The average Bonchev–Trinajstić information content (AvgIpc) is 2.88. The molecule has 0 aromatic heterocycles. The number of carbonyl (C=O) groups excluding carboxylic acids is 1. The highest BCUT2D eigenvalue weighted by atomic mass is 32.2. The van der Waals surface area contributed by atoms with E-state index in [0.29, 0.717) is 29.3 Å². The van der Waals surface area contributed by atoms with Crippen LogP contribution in [0, 0.1) is 13.8 Å². The second-order valence-corrected chi connectivity index (χ2v) is 9.99. The highest BCUT2D eigenvalue weighted by molar-refractivity contribution is 7.92. The van der Waals surface area contributed by atoms with Crippen LogP contribution in [0.25, 0.3) is 0 Å². The highest BCUT2D eigenvalue weighted by Gasteiger charge is 2.28. The van der Waals surface area contributed by atoms with E-state index in [9.17, 15) is 13.2 Å². The topological polar surface area (TPSA) is 97.3 Å². The molecule has 0 unspecified atom stereocenters. The minimum atomic E-state index is -4.01. The predicted octanol–water partition coefficient (Wildman–Crippen LogP) is 4.45. The van der Waals surface area contributed by atoms with Crippen molar-refractivity contribution in [3.8, 4) is 11.5 Å². The fourth-order valence-electron chi connectivity index (χ4n) is 3.64. The molecule has 0 aliphatic heterocycles. The Hall–Kier alpha value is -3.85. The number of nitrogens with one attached hydrogen (secondary N) is 1. The van der Waals surface area contributed by atoms with E-state index in [2.05, 4.69) is 10.5 Å². The molecule has 36 heavy (non-hydrogen) atoms. The number of hydrogen-bond acceptors (Lipinski definition) is 6. The van der Waals surface area contributed by atoms with E-state index in [1.165, 1.54) is 12.1 Å². The number of rotatable bonds is 10. The van der Waals surface area contributed by atoms with Gasteiger partial charge in [0.05, 0.1) is 30.5 Å². The van der Waals surface area contributed by atoms with Gasteiger partial charge in [0.25, 0.3) is 15.9 Å². The summed E-state index contributed by atoms with van der Waals surface area (Å²) < 4.78 is 38.9. The van der Waals surface area contributed by atoms with Crippen LogP contribution in [0.15, 0.2) is 76.7 Å². The normalized spacial score (nSPS) is 11.6. The highest BCUT2D eigenvalue weighted by Crippen LogP contribution is 2.29. The number of anilines is 1. The van der Waals surface area contributed by atoms with Gasteiger partial charge in [-0.3, -0.25) is 9.10 Å². The molecule has 3 rings (SSSR count). The van der Waals surface area contributed by atoms with Gasteiger partial charge in [-0.25, -0.2) is 13.8 Å². The van der Waals surface area contributed by atoms with E-state index >= 15 is 0 Å². The lowest BCUT2D eigenvalue weighted by Gasteiger charge is -2.25. The molecule has 1 amide bonds. The molecule has 9 heteroatoms. The van der Waals surface area contributed by atoms with Crippen LogP contribution in [0.2, 0.25) is 0 Å². The van der Waals surface area contributed by atoms with Crippen molar-refractivity contribution in [1.29, 1.82) is 0 Å². The third-order valence-electron chi connectivity index (χ3n) is 5.65. The van der Waals surface area contributed by atoms with Crippen molar-refractivity contribution in [2.45, 2.75) is 32.1 Å². The Balaban J connectivity index is 1.90. The van der Waals surface area contributed by atoms with Crippen molar-refractivity contribution in [1.82, 2.24) is 5.43 Å². The predicted molar refractivity (Wildman–Crippen MR) is 141 cm³/mol. The summed E-state index contributed by atoms with van der Waals surface area (Å²) in [7, 11) is -0.912. The smallest absolute Gasteiger partial charge is 0.264 e. The summed E-state index contributed by atoms with van der Waals surface area (Å²) in [5, 5.41) is 4.28. The SMILES string of the molecule is CC/C(=N/NC(=O)CN(c1ccccc1C)S(=O)(=O)c1ccc(C)cc1)c1ccc(OC)c(OC)c1. The van der Waals surface area contributed by atoms with E-state index in [1.807, 2.05) is 26.0 Å². The lowest BCUT2D eigenvalue weighted by Crippen LogP contribution is -2.40. The van der Waals surface area contributed by atoms with Crippen LogP contribution in [-0.4, -0.2) is 40.8 Å². The molecular formula is C27H31N3O5S. The molecule has 190 valence electrons. The van der Waals surface area contributed by atoms with Crippen molar-refractivity contribution < 1.29 is 22.7 Å². The van der Waals surface area contributed by atoms with Crippen LogP contribution in [0.3, 0.4) is 0 Å². The minimum Gasteiger partial charge on any atom is -0.493 e. The van der Waals surface area contributed by atoms with Crippen molar-refractivity contribution in [3.63, 3.8) is 0 Å². The lowest BCUT2D eigenvalue weighted by atomic mass is 10.1. The van der Waals surface area contributed by atoms with Crippen LogP contribution in [0.1, 0.15) is 30.0 Å². The first-order chi connectivity index (χ1) is 17.2. The Labute approximate surface area is 212 Å². The number of ether oxygens (including phenoxy) is 2. The Bertz CT molecular complexity index is 1350. The Morgan fingerprint density at radius 1 is 0.944 bits per heavy atom. The average molecular weight is 510 g/mol. The molecule has 0 saturated heterocycles. The number of carbonyl (C=O) groups is 1. The molecular weight excluding hydrogens is 478 g/mol. The van der Waals surface area contributed by atoms with Gasteiger partial charge in [0.1, 0.15) is 6.54 Å². The van der Waals surface area contributed by atoms with E-state index in [0.717, 1.165) is 21.0 Å². The largest absolute Gasteiger partial charge is 0.493 e. The number of para-hydroxylation sites is 1. The summed E-state index contributed by atoms with van der Waals surface area (Å²) in [6.07, 6.45) is 0.527. The van der Waals surface area contributed by atoms with Crippen LogP contribution in [0.5, 0.6) is 11.5 Å². The molecule has 0 saturated carbocycles. The molecule has 0 bridgehead atoms. The first-order valence-corrected chi connectivity index (χ1v) is 12.9. The number of methoxy groups -OCH3 is 2. The number of hydrogen-bond donors (Lipinski definition) is 1. The van der Waals surface area contributed by atoms with Crippen molar-refractivity contribution >= 4 is 27.3 Å². The van der Waals surface area contributed by atoms with Gasteiger partial charge in [-0.2, -0.15) is 5.10 Å². The quantitative estimate of drug-likeness (QED) is 0.322. The zero-order valence-corrected chi connectivity index (χ0v) is 21.9. The minimum absolute atomic E-state index is 0.104. The lowest BCUT2D eigenvalue weighted by molar-refractivity contribution is -0.119. The Morgan fingerprint density at radius 2 is 1.61 bits per heavy atom. The van der Waals surface area contributed by atoms with Gasteiger partial charge >= 0.3 is 0 Å². The van der Waals surface area contributed by atoms with Gasteiger partial charge in [0.2, 0.25) is 0 Å². The third-order valence-corrected chi connectivity index (χ3v) is 7.42. The number of nitrogens with zero attached hydrogens (tertiary/aromatic N) is 2. The molecule has 3 aromatic carbocycles. The van der Waals surface area contributed by atoms with Crippen LogP contribution in [-0.2, 0) is 14.8 Å². The standard InChI is InChI=1S/C27H31N3O5S/c1-6-23(21-13-16-25(34-4)26(17-21)35-5)28-29-27(31)18-30(24-10-8-7-9-20(24)3)36(32,33)22-14-11-19(2)12-15-22/h7-17H,6,18H2,1-5H3,(H,29,31)/b28-23-. The molecule has 0 spiro atoms. The van der Waals surface area contributed by atoms with Crippen molar-refractivity contribution in [2.24, 2.45) is 5.10 Å². The molecule has 0 radical (unpaired) electrons. The number of hydrazone groups is 1. The Morgan fingerprint density at radius 3 is 2.22 bits per heavy atom. The Kier molecular flexibility index (Phi) is 8.71. The molecule has 3 aromatic rings. The van der Waals surface area contributed by atoms with Gasteiger partial charge in [0.15, 0.2) is 11.5 Å². The second-order valence-electron chi connectivity index (χ2n) is 8.13. The second kappa shape index (κ2) is 11.7. The monoisotopic (exact) mass is 509 g/mol. The van der Waals surface area contributed by atoms with Crippen LogP contribution >= 0.6 is 0 Å². The number of amides is 1. The number of benzene rings is 3. The molecule has 0 heterocycles. The van der Waals surface area contributed by atoms with Crippen molar-refractivity contribution in [3.05, 3.63) is 83.4 Å². The summed E-state index contributed by atoms with van der Waals surface area (Å²) >= 11 is 0. The maximum atomic E-state index is 13.6. The number of sulfonamides is 1. The van der Waals surface area contributed by atoms with Gasteiger partial charge in [0, 0.05) is 5.56 Å². The molecule has 0 fully saturated rings. The number of aryl methyl sites for hydroxylation is 2. The van der Waals surface area contributed by atoms with Crippen LogP contribution < -0.4 is 19.2 Å². The fourth-order valence-corrected chi connectivity index (χ4v) is 5.12. The van der Waals surface area contributed by atoms with Gasteiger partial charge in [-0.05, 0) is 62.2 Å². The molecule has 0 aliphatic rings.